The fourth-order valence-corrected chi connectivity index (χ4v) is 1.51. The van der Waals surface area contributed by atoms with E-state index in [1.165, 1.54) is 0 Å². The number of carboxylic acid groups (broad SMARTS) is 1. The molecule has 1 rings (SSSR count). The van der Waals surface area contributed by atoms with Crippen LogP contribution in [0.1, 0.15) is 29.9 Å². The molecule has 1 aromatic rings. The molecule has 0 fully saturated rings. The predicted octanol–water partition coefficient (Wildman–Crippen LogP) is 2.91. The Bertz CT molecular complexity index is 319. The summed E-state index contributed by atoms with van der Waals surface area (Å²) in [5, 5.41) is 9.00. The Morgan fingerprint density at radius 1 is 1.40 bits per heavy atom. The maximum Gasteiger partial charge on any atom is 0.310 e. The van der Waals surface area contributed by atoms with Gasteiger partial charge in [-0.15, -0.1) is 0 Å². The summed E-state index contributed by atoms with van der Waals surface area (Å²) in [6.45, 7) is 1.48. The Labute approximate surface area is 88.7 Å². The summed E-state index contributed by atoms with van der Waals surface area (Å²) in [5.74, 6) is -1.46. The quantitative estimate of drug-likeness (QED) is 0.811. The van der Waals surface area contributed by atoms with E-state index in [1.807, 2.05) is 19.1 Å². The van der Waals surface area contributed by atoms with Gasteiger partial charge in [0, 0.05) is 0 Å². The van der Waals surface area contributed by atoms with Gasteiger partial charge in [0.05, 0.1) is 12.6 Å². The lowest BCUT2D eigenvalue weighted by Gasteiger charge is -2.11. The second kappa shape index (κ2) is 5.49. The van der Waals surface area contributed by atoms with Crippen LogP contribution in [0, 0.1) is 6.92 Å². The molecule has 0 amide bonds. The molecule has 0 spiro atoms. The fourth-order valence-electron chi connectivity index (χ4n) is 1.51. The smallest absolute Gasteiger partial charge is 0.310 e. The van der Waals surface area contributed by atoms with Crippen LogP contribution in [0.2, 0.25) is 0 Å². The van der Waals surface area contributed by atoms with Crippen molar-refractivity contribution in [2.75, 3.05) is 6.67 Å². The highest BCUT2D eigenvalue weighted by atomic mass is 19.1. The van der Waals surface area contributed by atoms with Gasteiger partial charge in [-0.05, 0) is 25.3 Å². The van der Waals surface area contributed by atoms with E-state index < -0.39 is 18.6 Å². The molecule has 3 heteroatoms. The summed E-state index contributed by atoms with van der Waals surface area (Å²) >= 11 is 0. The Morgan fingerprint density at radius 2 is 2.00 bits per heavy atom. The molecule has 0 aliphatic rings. The second-order valence-electron chi connectivity index (χ2n) is 3.63. The zero-order valence-corrected chi connectivity index (χ0v) is 8.74. The van der Waals surface area contributed by atoms with Crippen LogP contribution >= 0.6 is 0 Å². The highest BCUT2D eigenvalue weighted by Crippen LogP contribution is 2.22. The van der Waals surface area contributed by atoms with E-state index >= 15 is 0 Å². The SMILES string of the molecule is Cc1ccc(C(CCCF)C(=O)O)cc1. The number of aliphatic carboxylic acids is 1. The standard InChI is InChI=1S/C12H15FO2/c1-9-4-6-10(7-5-9)11(12(14)15)3-2-8-13/h4-7,11H,2-3,8H2,1H3,(H,14,15). The van der Waals surface area contributed by atoms with Crippen molar-refractivity contribution in [1.82, 2.24) is 0 Å². The van der Waals surface area contributed by atoms with Crippen molar-refractivity contribution in [2.45, 2.75) is 25.7 Å². The number of hydrogen-bond acceptors (Lipinski definition) is 1. The maximum atomic E-state index is 12.0. The monoisotopic (exact) mass is 210 g/mol. The van der Waals surface area contributed by atoms with Gasteiger partial charge in [0.1, 0.15) is 0 Å². The largest absolute Gasteiger partial charge is 0.481 e. The third kappa shape index (κ3) is 3.35. The normalized spacial score (nSPS) is 12.4. The number of aryl methyl sites for hydroxylation is 1. The molecule has 0 bridgehead atoms. The van der Waals surface area contributed by atoms with E-state index in [9.17, 15) is 9.18 Å². The molecule has 0 saturated heterocycles. The molecule has 1 atom stereocenters. The molecule has 0 aliphatic heterocycles. The average molecular weight is 210 g/mol. The van der Waals surface area contributed by atoms with Crippen molar-refractivity contribution in [1.29, 1.82) is 0 Å². The molecule has 2 nitrogen and oxygen atoms in total. The Kier molecular flexibility index (Phi) is 4.28. The lowest BCUT2D eigenvalue weighted by atomic mass is 9.94. The minimum absolute atomic E-state index is 0.296. The van der Waals surface area contributed by atoms with Crippen LogP contribution in [-0.2, 0) is 4.79 Å². The molecular formula is C12H15FO2. The van der Waals surface area contributed by atoms with E-state index in [1.54, 1.807) is 12.1 Å². The maximum absolute atomic E-state index is 12.0. The van der Waals surface area contributed by atoms with Crippen LogP contribution in [0.3, 0.4) is 0 Å². The van der Waals surface area contributed by atoms with Crippen molar-refractivity contribution >= 4 is 5.97 Å². The first-order valence-corrected chi connectivity index (χ1v) is 5.00. The Morgan fingerprint density at radius 3 is 2.47 bits per heavy atom. The summed E-state index contributed by atoms with van der Waals surface area (Å²) in [6, 6.07) is 7.35. The van der Waals surface area contributed by atoms with E-state index in [-0.39, 0.29) is 0 Å². The van der Waals surface area contributed by atoms with Crippen LogP contribution in [0.4, 0.5) is 4.39 Å². The van der Waals surface area contributed by atoms with Crippen LogP contribution in [0.15, 0.2) is 24.3 Å². The Hall–Kier alpha value is -1.38. The number of rotatable bonds is 5. The number of halogens is 1. The van der Waals surface area contributed by atoms with Gasteiger partial charge in [0.15, 0.2) is 0 Å². The first kappa shape index (κ1) is 11.7. The van der Waals surface area contributed by atoms with E-state index in [2.05, 4.69) is 0 Å². The highest BCUT2D eigenvalue weighted by Gasteiger charge is 2.18. The highest BCUT2D eigenvalue weighted by molar-refractivity contribution is 5.76. The zero-order chi connectivity index (χ0) is 11.3. The molecule has 0 aromatic heterocycles. The predicted molar refractivity (Wildman–Crippen MR) is 56.8 cm³/mol. The Balaban J connectivity index is 2.79. The molecule has 0 aliphatic carbocycles. The van der Waals surface area contributed by atoms with Gasteiger partial charge in [-0.1, -0.05) is 29.8 Å². The van der Waals surface area contributed by atoms with Crippen molar-refractivity contribution < 1.29 is 14.3 Å². The molecule has 15 heavy (non-hydrogen) atoms. The molecule has 82 valence electrons. The van der Waals surface area contributed by atoms with Crippen molar-refractivity contribution in [2.24, 2.45) is 0 Å². The topological polar surface area (TPSA) is 37.3 Å². The first-order valence-electron chi connectivity index (χ1n) is 5.00. The molecule has 0 radical (unpaired) electrons. The van der Waals surface area contributed by atoms with Crippen molar-refractivity contribution in [3.05, 3.63) is 35.4 Å². The third-order valence-corrected chi connectivity index (χ3v) is 2.40. The number of alkyl halides is 1. The van der Waals surface area contributed by atoms with E-state index in [0.717, 1.165) is 11.1 Å². The first-order chi connectivity index (χ1) is 7.15. The van der Waals surface area contributed by atoms with Gasteiger partial charge in [0.2, 0.25) is 0 Å². The number of carboxylic acids is 1. The third-order valence-electron chi connectivity index (χ3n) is 2.40. The molecule has 1 N–H and O–H groups in total. The van der Waals surface area contributed by atoms with Gasteiger partial charge in [-0.3, -0.25) is 9.18 Å². The summed E-state index contributed by atoms with van der Waals surface area (Å²) < 4.78 is 12.0. The summed E-state index contributed by atoms with van der Waals surface area (Å²) in [6.07, 6.45) is 0.653. The van der Waals surface area contributed by atoms with Crippen LogP contribution in [0.5, 0.6) is 0 Å². The lowest BCUT2D eigenvalue weighted by molar-refractivity contribution is -0.139. The molecule has 1 aromatic carbocycles. The number of carbonyl (C=O) groups is 1. The number of hydrogen-bond donors (Lipinski definition) is 1. The van der Waals surface area contributed by atoms with Gasteiger partial charge in [-0.2, -0.15) is 0 Å². The van der Waals surface area contributed by atoms with Crippen molar-refractivity contribution in [3.63, 3.8) is 0 Å². The number of benzene rings is 1. The minimum Gasteiger partial charge on any atom is -0.481 e. The van der Waals surface area contributed by atoms with Gasteiger partial charge in [-0.25, -0.2) is 0 Å². The minimum atomic E-state index is -0.882. The van der Waals surface area contributed by atoms with Gasteiger partial charge < -0.3 is 5.11 Å². The average Bonchev–Trinajstić information content (AvgIpc) is 2.21. The van der Waals surface area contributed by atoms with E-state index in [4.69, 9.17) is 5.11 Å². The van der Waals surface area contributed by atoms with E-state index in [0.29, 0.717) is 12.8 Å². The lowest BCUT2D eigenvalue weighted by Crippen LogP contribution is -2.11. The van der Waals surface area contributed by atoms with Crippen LogP contribution in [-0.4, -0.2) is 17.8 Å². The van der Waals surface area contributed by atoms with Gasteiger partial charge >= 0.3 is 5.97 Å². The zero-order valence-electron chi connectivity index (χ0n) is 8.74. The molecule has 1 unspecified atom stereocenters. The van der Waals surface area contributed by atoms with Crippen molar-refractivity contribution in [3.8, 4) is 0 Å². The summed E-state index contributed by atoms with van der Waals surface area (Å²) in [4.78, 5) is 11.0. The van der Waals surface area contributed by atoms with Crippen LogP contribution < -0.4 is 0 Å². The summed E-state index contributed by atoms with van der Waals surface area (Å²) in [5.41, 5.74) is 1.84. The van der Waals surface area contributed by atoms with Gasteiger partial charge in [0.25, 0.3) is 0 Å². The molecule has 0 saturated carbocycles. The molecule has 0 heterocycles. The second-order valence-corrected chi connectivity index (χ2v) is 3.63. The molecular weight excluding hydrogens is 195 g/mol. The summed E-state index contributed by atoms with van der Waals surface area (Å²) in [7, 11) is 0. The van der Waals surface area contributed by atoms with Crippen LogP contribution in [0.25, 0.3) is 0 Å². The fraction of sp³-hybridized carbons (Fsp3) is 0.417.